The molecule has 2 rings (SSSR count). The van der Waals surface area contributed by atoms with Crippen LogP contribution in [0.5, 0.6) is 0 Å². The monoisotopic (exact) mass is 340 g/mol. The zero-order chi connectivity index (χ0) is 17.4. The number of rotatable bonds is 5. The first-order chi connectivity index (χ1) is 10.8. The standard InChI is InChI=1S/C13H24O10/c14-2-5-1-13(4-16,11(21)7(5)17)23-12-10(20)9(19)8(18)6(3-15)22-12/h5-12,14-21H,1-4H2/t5-,6-,7-,8-,9+,10-,11+,12-,13+/m1/s1. The van der Waals surface area contributed by atoms with E-state index in [1.807, 2.05) is 0 Å². The van der Waals surface area contributed by atoms with Crippen LogP contribution in [0.1, 0.15) is 6.42 Å². The molecule has 8 N–H and O–H groups in total. The maximum atomic E-state index is 10.1. The van der Waals surface area contributed by atoms with Crippen molar-refractivity contribution in [3.05, 3.63) is 0 Å². The Hall–Kier alpha value is -0.400. The Labute approximate surface area is 132 Å². The van der Waals surface area contributed by atoms with Gasteiger partial charge in [0.1, 0.15) is 36.1 Å². The van der Waals surface area contributed by atoms with E-state index in [1.165, 1.54) is 0 Å². The quantitative estimate of drug-likeness (QED) is 0.242. The van der Waals surface area contributed by atoms with Gasteiger partial charge in [0.05, 0.1) is 19.3 Å². The summed E-state index contributed by atoms with van der Waals surface area (Å²) in [6.45, 7) is -1.84. The molecule has 136 valence electrons. The summed E-state index contributed by atoms with van der Waals surface area (Å²) in [5.74, 6) is -0.748. The second-order valence-corrected chi connectivity index (χ2v) is 6.12. The summed E-state index contributed by atoms with van der Waals surface area (Å²) in [6.07, 6.45) is -10.7. The van der Waals surface area contributed by atoms with E-state index in [0.29, 0.717) is 0 Å². The molecule has 1 saturated heterocycles. The highest BCUT2D eigenvalue weighted by molar-refractivity contribution is 5.04. The summed E-state index contributed by atoms with van der Waals surface area (Å²) < 4.78 is 10.6. The third kappa shape index (κ3) is 3.24. The molecule has 0 amide bonds. The van der Waals surface area contributed by atoms with Crippen LogP contribution in [0.2, 0.25) is 0 Å². The minimum absolute atomic E-state index is 0.114. The first kappa shape index (κ1) is 18.9. The second kappa shape index (κ2) is 7.23. The third-order valence-corrected chi connectivity index (χ3v) is 4.65. The summed E-state index contributed by atoms with van der Waals surface area (Å²) in [5, 5.41) is 77.3. The van der Waals surface area contributed by atoms with Crippen LogP contribution < -0.4 is 0 Å². The molecule has 0 bridgehead atoms. The topological polar surface area (TPSA) is 180 Å². The number of aliphatic hydroxyl groups excluding tert-OH is 8. The Kier molecular flexibility index (Phi) is 5.95. The van der Waals surface area contributed by atoms with Crippen LogP contribution in [-0.2, 0) is 9.47 Å². The van der Waals surface area contributed by atoms with E-state index in [1.54, 1.807) is 0 Å². The average Bonchev–Trinajstić information content (AvgIpc) is 2.80. The molecule has 10 nitrogen and oxygen atoms in total. The molecular formula is C13H24O10. The molecule has 0 aromatic carbocycles. The fourth-order valence-electron chi connectivity index (χ4n) is 3.14. The molecule has 9 atom stereocenters. The molecule has 1 heterocycles. The van der Waals surface area contributed by atoms with Gasteiger partial charge in [0, 0.05) is 12.5 Å². The third-order valence-electron chi connectivity index (χ3n) is 4.65. The molecule has 1 saturated carbocycles. The summed E-state index contributed by atoms with van der Waals surface area (Å²) in [7, 11) is 0. The molecule has 10 heteroatoms. The van der Waals surface area contributed by atoms with Gasteiger partial charge >= 0.3 is 0 Å². The van der Waals surface area contributed by atoms with Crippen molar-refractivity contribution in [3.8, 4) is 0 Å². The summed E-state index contributed by atoms with van der Waals surface area (Å²) >= 11 is 0. The van der Waals surface area contributed by atoms with Crippen LogP contribution >= 0.6 is 0 Å². The predicted molar refractivity (Wildman–Crippen MR) is 71.9 cm³/mol. The lowest BCUT2D eigenvalue weighted by Gasteiger charge is -2.43. The van der Waals surface area contributed by atoms with Gasteiger partial charge in [-0.1, -0.05) is 0 Å². The fraction of sp³-hybridized carbons (Fsp3) is 1.00. The van der Waals surface area contributed by atoms with E-state index >= 15 is 0 Å². The van der Waals surface area contributed by atoms with Crippen molar-refractivity contribution < 1.29 is 50.3 Å². The molecule has 0 radical (unpaired) electrons. The molecule has 1 aliphatic carbocycles. The smallest absolute Gasteiger partial charge is 0.187 e. The Morgan fingerprint density at radius 3 is 2.00 bits per heavy atom. The van der Waals surface area contributed by atoms with Crippen LogP contribution in [0, 0.1) is 5.92 Å². The minimum Gasteiger partial charge on any atom is -0.396 e. The molecule has 0 unspecified atom stereocenters. The van der Waals surface area contributed by atoms with Gasteiger partial charge < -0.3 is 50.3 Å². The lowest BCUT2D eigenvalue weighted by molar-refractivity contribution is -0.338. The SMILES string of the molecule is OC[C@H]1C[C@@](CO)(O[C@H]2O[C@H](CO)[C@@H](O)[C@H](O)[C@H]2O)[C@@H](O)[C@@H]1O. The normalized spacial score (nSPS) is 51.1. The first-order valence-electron chi connectivity index (χ1n) is 7.37. The van der Waals surface area contributed by atoms with Crippen LogP contribution in [0.3, 0.4) is 0 Å². The van der Waals surface area contributed by atoms with E-state index in [-0.39, 0.29) is 6.42 Å². The number of aliphatic hydroxyl groups is 8. The largest absolute Gasteiger partial charge is 0.396 e. The zero-order valence-corrected chi connectivity index (χ0v) is 12.3. The molecule has 0 aromatic heterocycles. The van der Waals surface area contributed by atoms with Gasteiger partial charge in [-0.15, -0.1) is 0 Å². The number of ether oxygens (including phenoxy) is 2. The Bertz CT molecular complexity index is 393. The van der Waals surface area contributed by atoms with Crippen molar-refractivity contribution >= 4 is 0 Å². The van der Waals surface area contributed by atoms with Crippen molar-refractivity contribution in [2.75, 3.05) is 19.8 Å². The Morgan fingerprint density at radius 1 is 0.870 bits per heavy atom. The van der Waals surface area contributed by atoms with E-state index in [4.69, 9.17) is 14.6 Å². The van der Waals surface area contributed by atoms with Gasteiger partial charge in [-0.05, 0) is 6.42 Å². The summed E-state index contributed by atoms with van der Waals surface area (Å²) in [6, 6.07) is 0. The van der Waals surface area contributed by atoms with Gasteiger partial charge in [-0.25, -0.2) is 0 Å². The van der Waals surface area contributed by atoms with Gasteiger partial charge in [0.25, 0.3) is 0 Å². The van der Waals surface area contributed by atoms with Crippen molar-refractivity contribution in [1.82, 2.24) is 0 Å². The summed E-state index contributed by atoms with van der Waals surface area (Å²) in [4.78, 5) is 0. The number of hydrogen-bond acceptors (Lipinski definition) is 10. The molecule has 0 spiro atoms. The molecule has 2 fully saturated rings. The maximum absolute atomic E-state index is 10.1. The Morgan fingerprint density at radius 2 is 1.52 bits per heavy atom. The van der Waals surface area contributed by atoms with E-state index in [0.717, 1.165) is 0 Å². The molecule has 1 aliphatic heterocycles. The van der Waals surface area contributed by atoms with Crippen LogP contribution in [-0.4, -0.2) is 109 Å². The highest BCUT2D eigenvalue weighted by atomic mass is 16.7. The van der Waals surface area contributed by atoms with Gasteiger partial charge in [-0.2, -0.15) is 0 Å². The highest BCUT2D eigenvalue weighted by Gasteiger charge is 2.56. The highest BCUT2D eigenvalue weighted by Crippen LogP contribution is 2.40. The molecule has 23 heavy (non-hydrogen) atoms. The van der Waals surface area contributed by atoms with Crippen LogP contribution in [0.25, 0.3) is 0 Å². The Balaban J connectivity index is 2.18. The van der Waals surface area contributed by atoms with Crippen LogP contribution in [0.15, 0.2) is 0 Å². The van der Waals surface area contributed by atoms with Crippen LogP contribution in [0.4, 0.5) is 0 Å². The zero-order valence-electron chi connectivity index (χ0n) is 12.3. The molecular weight excluding hydrogens is 316 g/mol. The van der Waals surface area contributed by atoms with E-state index < -0.39 is 74.3 Å². The molecule has 2 aliphatic rings. The second-order valence-electron chi connectivity index (χ2n) is 6.12. The fourth-order valence-corrected chi connectivity index (χ4v) is 3.14. The van der Waals surface area contributed by atoms with Crippen molar-refractivity contribution in [1.29, 1.82) is 0 Å². The lowest BCUT2D eigenvalue weighted by Crippen LogP contribution is -2.62. The first-order valence-corrected chi connectivity index (χ1v) is 7.37. The number of hydrogen-bond donors (Lipinski definition) is 8. The molecule has 0 aromatic rings. The van der Waals surface area contributed by atoms with Crippen molar-refractivity contribution in [2.24, 2.45) is 5.92 Å². The van der Waals surface area contributed by atoms with Crippen molar-refractivity contribution in [2.45, 2.75) is 54.9 Å². The van der Waals surface area contributed by atoms with E-state index in [2.05, 4.69) is 0 Å². The van der Waals surface area contributed by atoms with Gasteiger partial charge in [0.15, 0.2) is 6.29 Å². The van der Waals surface area contributed by atoms with E-state index in [9.17, 15) is 35.7 Å². The lowest BCUT2D eigenvalue weighted by atomic mass is 9.96. The summed E-state index contributed by atoms with van der Waals surface area (Å²) in [5.41, 5.74) is -1.72. The van der Waals surface area contributed by atoms with Crippen molar-refractivity contribution in [3.63, 3.8) is 0 Å². The van der Waals surface area contributed by atoms with Gasteiger partial charge in [-0.3, -0.25) is 0 Å². The average molecular weight is 340 g/mol. The van der Waals surface area contributed by atoms with Gasteiger partial charge in [0.2, 0.25) is 0 Å². The minimum atomic E-state index is -1.72. The maximum Gasteiger partial charge on any atom is 0.187 e. The predicted octanol–water partition coefficient (Wildman–Crippen LogP) is -4.73.